The standard InChI is InChI=1S/C35H34N4O5/c1-8-21-17(3)24-12-25-19(5)23(10-11-33(41)42)30(38-25)15-31-35(32(40)16-34(43)44-7)20(6)27(39-31)14-29-22(9-2)18(4)26(37-29)13-28(21)36-24/h8-9,12-15,39-40H,1-2,10-11,16H2,3-7H3,(H,41,42)/b25-12?,28-13?,29-14?,31-15?,35-32-. The lowest BCUT2D eigenvalue weighted by molar-refractivity contribution is -0.140. The summed E-state index contributed by atoms with van der Waals surface area (Å²) in [6.45, 7) is 15.8. The predicted molar refractivity (Wildman–Crippen MR) is 174 cm³/mol. The maximum Gasteiger partial charge on any atom is 0.313 e. The number of aliphatic hydroxyl groups excluding tert-OH is 1. The number of nitrogens with one attached hydrogen (secondary N) is 1. The Balaban J connectivity index is 1.88. The molecule has 0 fully saturated rings. The van der Waals surface area contributed by atoms with E-state index >= 15 is 0 Å². The van der Waals surface area contributed by atoms with Crippen LogP contribution < -0.4 is 10.6 Å². The van der Waals surface area contributed by atoms with Gasteiger partial charge in [0.1, 0.15) is 12.2 Å². The third-order valence-corrected chi connectivity index (χ3v) is 8.25. The van der Waals surface area contributed by atoms with Crippen LogP contribution >= 0.6 is 0 Å². The van der Waals surface area contributed by atoms with E-state index in [0.717, 1.165) is 50.6 Å². The third-order valence-electron chi connectivity index (χ3n) is 8.25. The molecule has 9 nitrogen and oxygen atoms in total. The Bertz CT molecular complexity index is 1980. The Morgan fingerprint density at radius 3 is 1.98 bits per heavy atom. The number of esters is 1. The summed E-state index contributed by atoms with van der Waals surface area (Å²) in [5.41, 5.74) is 10.7. The van der Waals surface area contributed by atoms with Crippen LogP contribution in [0.15, 0.2) is 103 Å². The maximum atomic E-state index is 12.1. The highest BCUT2D eigenvalue weighted by molar-refractivity contribution is 6.24. The van der Waals surface area contributed by atoms with Gasteiger partial charge in [0.15, 0.2) is 0 Å². The van der Waals surface area contributed by atoms with Gasteiger partial charge in [0.2, 0.25) is 0 Å². The van der Waals surface area contributed by atoms with Gasteiger partial charge in [-0.25, -0.2) is 15.0 Å². The number of rotatable bonds is 7. The minimum absolute atomic E-state index is 0.0794. The second-order valence-electron chi connectivity index (χ2n) is 10.9. The van der Waals surface area contributed by atoms with Gasteiger partial charge >= 0.3 is 11.9 Å². The molecule has 0 saturated carbocycles. The third kappa shape index (κ3) is 5.32. The summed E-state index contributed by atoms with van der Waals surface area (Å²) < 4.78 is 4.81. The summed E-state index contributed by atoms with van der Waals surface area (Å²) in [7, 11) is 1.26. The van der Waals surface area contributed by atoms with E-state index in [1.54, 1.807) is 18.2 Å². The van der Waals surface area contributed by atoms with E-state index in [2.05, 4.69) is 18.1 Å². The molecule has 4 aliphatic rings. The Morgan fingerprint density at radius 2 is 1.41 bits per heavy atom. The molecule has 9 heteroatoms. The Labute approximate surface area is 255 Å². The van der Waals surface area contributed by atoms with E-state index < -0.39 is 11.9 Å². The van der Waals surface area contributed by atoms with Crippen LogP contribution in [0.4, 0.5) is 0 Å². The van der Waals surface area contributed by atoms with Crippen LogP contribution in [0.25, 0.3) is 17.9 Å². The summed E-state index contributed by atoms with van der Waals surface area (Å²) in [5.74, 6) is -1.67. The number of aliphatic carboxylic acids is 1. The van der Waals surface area contributed by atoms with Gasteiger partial charge in [-0.15, -0.1) is 0 Å². The van der Waals surface area contributed by atoms with Crippen molar-refractivity contribution in [2.75, 3.05) is 7.11 Å². The molecular weight excluding hydrogens is 556 g/mol. The molecule has 8 bridgehead atoms. The summed E-state index contributed by atoms with van der Waals surface area (Å²) in [6.07, 6.45) is 10.9. The number of nitrogens with zero attached hydrogens (tertiary/aromatic N) is 3. The van der Waals surface area contributed by atoms with Crippen molar-refractivity contribution in [3.8, 4) is 0 Å². The van der Waals surface area contributed by atoms with Crippen molar-refractivity contribution >= 4 is 47.0 Å². The maximum absolute atomic E-state index is 12.1. The van der Waals surface area contributed by atoms with Gasteiger partial charge < -0.3 is 19.9 Å². The van der Waals surface area contributed by atoms with E-state index in [1.165, 1.54) is 7.11 Å². The fourth-order valence-corrected chi connectivity index (χ4v) is 5.75. The normalized spacial score (nSPS) is 18.2. The smallest absolute Gasteiger partial charge is 0.313 e. The largest absolute Gasteiger partial charge is 0.511 e. The number of carbonyl (C=O) groups excluding carboxylic acids is 1. The Hall–Kier alpha value is -5.31. The van der Waals surface area contributed by atoms with Crippen molar-refractivity contribution in [3.05, 3.63) is 110 Å². The molecule has 5 heterocycles. The average molecular weight is 591 g/mol. The molecule has 0 amide bonds. The van der Waals surface area contributed by atoms with E-state index in [-0.39, 0.29) is 25.0 Å². The van der Waals surface area contributed by atoms with Crippen LogP contribution in [0, 0.1) is 6.92 Å². The number of H-pyrrole nitrogens is 1. The molecule has 0 aliphatic carbocycles. The molecule has 0 spiro atoms. The zero-order chi connectivity index (χ0) is 31.9. The number of hydrogen-bond donors (Lipinski definition) is 3. The van der Waals surface area contributed by atoms with Crippen molar-refractivity contribution < 1.29 is 24.5 Å². The second-order valence-corrected chi connectivity index (χ2v) is 10.9. The Morgan fingerprint density at radius 1 is 0.841 bits per heavy atom. The lowest BCUT2D eigenvalue weighted by Gasteiger charge is -2.04. The summed E-state index contributed by atoms with van der Waals surface area (Å²) in [6, 6.07) is 0. The first kappa shape index (κ1) is 30.2. The van der Waals surface area contributed by atoms with Crippen molar-refractivity contribution in [3.63, 3.8) is 0 Å². The molecule has 1 aromatic heterocycles. The number of carboxylic acids is 1. The molecule has 0 aromatic carbocycles. The lowest BCUT2D eigenvalue weighted by Crippen LogP contribution is -2.29. The molecule has 0 unspecified atom stereocenters. The van der Waals surface area contributed by atoms with Gasteiger partial charge in [-0.05, 0) is 86.3 Å². The topological polar surface area (TPSA) is 137 Å². The minimum Gasteiger partial charge on any atom is -0.511 e. The Kier molecular flexibility index (Phi) is 8.06. The number of fused-ring (bicyclic) bond motifs is 5. The number of ether oxygens (including phenoxy) is 1. The number of hydrogen-bond acceptors (Lipinski definition) is 7. The monoisotopic (exact) mass is 590 g/mol. The number of aliphatic hydroxyl groups is 1. The van der Waals surface area contributed by atoms with Crippen molar-refractivity contribution in [1.29, 1.82) is 0 Å². The summed E-state index contributed by atoms with van der Waals surface area (Å²) in [4.78, 5) is 41.9. The van der Waals surface area contributed by atoms with Crippen molar-refractivity contribution in [2.24, 2.45) is 15.0 Å². The first-order chi connectivity index (χ1) is 21.0. The quantitative estimate of drug-likeness (QED) is 0.384. The molecule has 44 heavy (non-hydrogen) atoms. The van der Waals surface area contributed by atoms with Crippen LogP contribution in [0.3, 0.4) is 0 Å². The predicted octanol–water partition coefficient (Wildman–Crippen LogP) is 5.01. The summed E-state index contributed by atoms with van der Waals surface area (Å²) >= 11 is 0. The van der Waals surface area contributed by atoms with Crippen molar-refractivity contribution in [1.82, 2.24) is 4.98 Å². The number of methoxy groups -OCH3 is 1. The second kappa shape index (κ2) is 11.8. The van der Waals surface area contributed by atoms with Gasteiger partial charge in [-0.3, -0.25) is 9.59 Å². The van der Waals surface area contributed by atoms with Crippen molar-refractivity contribution in [2.45, 2.75) is 47.0 Å². The number of carboxylic acid groups (broad SMARTS) is 1. The molecule has 4 aliphatic heterocycles. The molecule has 1 aromatic rings. The zero-order valence-corrected chi connectivity index (χ0v) is 25.5. The fourth-order valence-electron chi connectivity index (χ4n) is 5.75. The van der Waals surface area contributed by atoms with Crippen LogP contribution in [0.1, 0.15) is 51.3 Å². The number of carbonyl (C=O) groups is 2. The highest BCUT2D eigenvalue weighted by Crippen LogP contribution is 2.34. The molecule has 0 atom stereocenters. The van der Waals surface area contributed by atoms with E-state index in [4.69, 9.17) is 19.7 Å². The van der Waals surface area contributed by atoms with Gasteiger partial charge in [0, 0.05) is 28.5 Å². The molecule has 5 rings (SSSR count). The number of aromatic nitrogens is 1. The molecule has 0 radical (unpaired) electrons. The first-order valence-electron chi connectivity index (χ1n) is 14.2. The van der Waals surface area contributed by atoms with Crippen LogP contribution in [0.2, 0.25) is 0 Å². The van der Waals surface area contributed by atoms with Gasteiger partial charge in [-0.2, -0.15) is 0 Å². The van der Waals surface area contributed by atoms with Gasteiger partial charge in [0.05, 0.1) is 46.7 Å². The number of aliphatic imine (C=N–C) groups is 3. The van der Waals surface area contributed by atoms with E-state index in [9.17, 15) is 19.8 Å². The minimum atomic E-state index is -0.920. The molecule has 224 valence electrons. The lowest BCUT2D eigenvalue weighted by atomic mass is 9.98. The van der Waals surface area contributed by atoms with Crippen LogP contribution in [-0.2, 0) is 14.3 Å². The highest BCUT2D eigenvalue weighted by atomic mass is 16.5. The van der Waals surface area contributed by atoms with E-state index in [1.807, 2.05) is 45.9 Å². The van der Waals surface area contributed by atoms with Gasteiger partial charge in [-0.1, -0.05) is 25.3 Å². The van der Waals surface area contributed by atoms with Gasteiger partial charge in [0.25, 0.3) is 0 Å². The average Bonchev–Trinajstić information content (AvgIpc) is 3.64. The first-order valence-corrected chi connectivity index (χ1v) is 14.2. The fraction of sp³-hybridized carbons (Fsp3) is 0.229. The molecule has 0 saturated heterocycles. The molecule has 3 N–H and O–H groups in total. The van der Waals surface area contributed by atoms with Crippen LogP contribution in [-0.4, -0.2) is 51.4 Å². The van der Waals surface area contributed by atoms with Crippen LogP contribution in [0.5, 0.6) is 0 Å². The molecular formula is C35H34N4O5. The SMILES string of the molecule is C=CC1=C(C)C2=NC1=CC1=NC(=Cc3[nH]c(/c(=C(\O)CC(=O)OC)c3C)=CC3=NC(=C2)C(C)=C3CCC(=O)O)C(C=C)=C1C. The summed E-state index contributed by atoms with van der Waals surface area (Å²) in [5, 5.41) is 21.6. The number of allylic oxidation sites excluding steroid dienone is 8. The zero-order valence-electron chi connectivity index (χ0n) is 25.5. The highest BCUT2D eigenvalue weighted by Gasteiger charge is 2.26. The number of aromatic amines is 1. The van der Waals surface area contributed by atoms with E-state index in [0.29, 0.717) is 38.9 Å².